The molecule has 3 rings (SSSR count). The van der Waals surface area contributed by atoms with E-state index in [-0.39, 0.29) is 18.8 Å². The molecule has 0 saturated heterocycles. The van der Waals surface area contributed by atoms with Crippen LogP contribution in [0.4, 0.5) is 18.9 Å². The van der Waals surface area contributed by atoms with E-state index in [2.05, 4.69) is 5.32 Å². The number of carbonyl (C=O) groups excluding carboxylic acids is 1. The van der Waals surface area contributed by atoms with Crippen LogP contribution < -0.4 is 10.9 Å². The van der Waals surface area contributed by atoms with Crippen molar-refractivity contribution < 1.29 is 22.4 Å². The summed E-state index contributed by atoms with van der Waals surface area (Å²) in [6.45, 7) is 4.44. The van der Waals surface area contributed by atoms with Crippen molar-refractivity contribution in [3.63, 3.8) is 0 Å². The number of hydrogen-bond acceptors (Lipinski definition) is 4. The third-order valence-corrected chi connectivity index (χ3v) is 5.02. The van der Waals surface area contributed by atoms with Crippen LogP contribution in [-0.2, 0) is 23.9 Å². The number of aryl methyl sites for hydroxylation is 1. The summed E-state index contributed by atoms with van der Waals surface area (Å²) in [5.41, 5.74) is 0.526. The topological polar surface area (TPSA) is 62.6 Å². The molecule has 0 fully saturated rings. The molecule has 0 spiro atoms. The average molecular weight is 432 g/mol. The Hall–Kier alpha value is -3.13. The number of carbonyl (C=O) groups is 1. The zero-order chi connectivity index (χ0) is 22.6. The van der Waals surface area contributed by atoms with Gasteiger partial charge in [-0.15, -0.1) is 0 Å². The molecule has 0 unspecified atom stereocenters. The average Bonchev–Trinajstić information content (AvgIpc) is 2.72. The fourth-order valence-corrected chi connectivity index (χ4v) is 3.38. The molecule has 0 saturated carbocycles. The Morgan fingerprint density at radius 2 is 1.84 bits per heavy atom. The molecule has 2 aromatic carbocycles. The number of amides is 1. The molecule has 0 aliphatic carbocycles. The number of anilines is 1. The highest BCUT2D eigenvalue weighted by Gasteiger charge is 2.33. The maximum Gasteiger partial charge on any atom is 0.418 e. The first-order valence-electron chi connectivity index (χ1n) is 9.95. The molecule has 0 aliphatic rings. The highest BCUT2D eigenvalue weighted by molar-refractivity contribution is 5.93. The molecule has 31 heavy (non-hydrogen) atoms. The Bertz CT molecular complexity index is 1140. The summed E-state index contributed by atoms with van der Waals surface area (Å²) in [6.07, 6.45) is -3.77. The standard InChI is InChI=1S/C23H23F3N2O3/c1-3-15-9-10-17-16(12-22(30)31-20(17)11-15)13-28(4-2)14-21(29)27-19-8-6-5-7-18(19)23(24,25)26/h5-12H,3-4,13-14H2,1-2H3,(H,27,29). The number of likely N-dealkylation sites (N-methyl/N-ethyl adjacent to an activating group) is 1. The SMILES string of the molecule is CCc1ccc2c(CN(CC)CC(=O)Nc3ccccc3C(F)(F)F)cc(=O)oc2c1. The van der Waals surface area contributed by atoms with E-state index >= 15 is 0 Å². The molecule has 1 N–H and O–H groups in total. The second-order valence-corrected chi connectivity index (χ2v) is 7.17. The molecule has 5 nitrogen and oxygen atoms in total. The Labute approximate surface area is 177 Å². The maximum atomic E-state index is 13.2. The van der Waals surface area contributed by atoms with Crippen molar-refractivity contribution in [2.45, 2.75) is 33.0 Å². The van der Waals surface area contributed by atoms with Crippen molar-refractivity contribution in [3.05, 3.63) is 75.6 Å². The maximum absolute atomic E-state index is 13.2. The molecular formula is C23H23F3N2O3. The fourth-order valence-electron chi connectivity index (χ4n) is 3.38. The van der Waals surface area contributed by atoms with Crippen molar-refractivity contribution in [2.24, 2.45) is 0 Å². The first-order chi connectivity index (χ1) is 14.7. The van der Waals surface area contributed by atoms with E-state index in [1.54, 1.807) is 4.90 Å². The van der Waals surface area contributed by atoms with Gasteiger partial charge < -0.3 is 9.73 Å². The smallest absolute Gasteiger partial charge is 0.418 e. The second kappa shape index (κ2) is 9.34. The number of rotatable bonds is 7. The van der Waals surface area contributed by atoms with Crippen LogP contribution >= 0.6 is 0 Å². The van der Waals surface area contributed by atoms with Crippen LogP contribution in [0.1, 0.15) is 30.5 Å². The van der Waals surface area contributed by atoms with Gasteiger partial charge in [-0.25, -0.2) is 4.79 Å². The van der Waals surface area contributed by atoms with Crippen molar-refractivity contribution in [3.8, 4) is 0 Å². The van der Waals surface area contributed by atoms with Gasteiger partial charge in [0.05, 0.1) is 17.8 Å². The van der Waals surface area contributed by atoms with E-state index in [1.165, 1.54) is 24.3 Å². The number of nitrogens with zero attached hydrogens (tertiary/aromatic N) is 1. The fraction of sp³-hybridized carbons (Fsp3) is 0.304. The van der Waals surface area contributed by atoms with Gasteiger partial charge in [-0.05, 0) is 42.3 Å². The summed E-state index contributed by atoms with van der Waals surface area (Å²) >= 11 is 0. The monoisotopic (exact) mass is 432 g/mol. The van der Waals surface area contributed by atoms with Crippen molar-refractivity contribution in [2.75, 3.05) is 18.4 Å². The van der Waals surface area contributed by atoms with Gasteiger partial charge in [0.1, 0.15) is 5.58 Å². The number of fused-ring (bicyclic) bond motifs is 1. The Morgan fingerprint density at radius 3 is 2.52 bits per heavy atom. The van der Waals surface area contributed by atoms with Gasteiger partial charge >= 0.3 is 11.8 Å². The third-order valence-electron chi connectivity index (χ3n) is 5.02. The number of benzene rings is 2. The Morgan fingerprint density at radius 1 is 1.10 bits per heavy atom. The van der Waals surface area contributed by atoms with Gasteiger partial charge in [0.2, 0.25) is 5.91 Å². The third kappa shape index (κ3) is 5.52. The van der Waals surface area contributed by atoms with Crippen molar-refractivity contribution in [1.82, 2.24) is 4.90 Å². The number of hydrogen-bond donors (Lipinski definition) is 1. The first-order valence-corrected chi connectivity index (χ1v) is 9.95. The minimum atomic E-state index is -4.57. The lowest BCUT2D eigenvalue weighted by Crippen LogP contribution is -2.33. The number of alkyl halides is 3. The molecule has 3 aromatic rings. The lowest BCUT2D eigenvalue weighted by Gasteiger charge is -2.21. The molecule has 1 aromatic heterocycles. The molecule has 0 bridgehead atoms. The van der Waals surface area contributed by atoms with Gasteiger partial charge in [0.15, 0.2) is 0 Å². The minimum absolute atomic E-state index is 0.128. The van der Waals surface area contributed by atoms with E-state index in [0.717, 1.165) is 23.4 Å². The van der Waals surface area contributed by atoms with Gasteiger partial charge in [0.25, 0.3) is 0 Å². The van der Waals surface area contributed by atoms with Crippen LogP contribution in [0.3, 0.4) is 0 Å². The lowest BCUT2D eigenvalue weighted by atomic mass is 10.1. The van der Waals surface area contributed by atoms with E-state index in [1.807, 2.05) is 32.0 Å². The molecular weight excluding hydrogens is 409 g/mol. The van der Waals surface area contributed by atoms with Crippen LogP contribution in [0.2, 0.25) is 0 Å². The van der Waals surface area contributed by atoms with Crippen LogP contribution in [-0.4, -0.2) is 23.9 Å². The molecule has 164 valence electrons. The molecule has 8 heteroatoms. The highest BCUT2D eigenvalue weighted by Crippen LogP contribution is 2.34. The van der Waals surface area contributed by atoms with Crippen LogP contribution in [0.15, 0.2) is 57.7 Å². The van der Waals surface area contributed by atoms with Crippen molar-refractivity contribution >= 4 is 22.6 Å². The minimum Gasteiger partial charge on any atom is -0.423 e. The Kier molecular flexibility index (Phi) is 6.80. The van der Waals surface area contributed by atoms with Crippen LogP contribution in [0.25, 0.3) is 11.0 Å². The predicted octanol–water partition coefficient (Wildman–Crippen LogP) is 4.83. The zero-order valence-corrected chi connectivity index (χ0v) is 17.3. The normalized spacial score (nSPS) is 11.8. The predicted molar refractivity (Wildman–Crippen MR) is 113 cm³/mol. The van der Waals surface area contributed by atoms with E-state index in [0.29, 0.717) is 17.7 Å². The second-order valence-electron chi connectivity index (χ2n) is 7.17. The summed E-state index contributed by atoms with van der Waals surface area (Å²) in [5, 5.41) is 3.11. The number of halogens is 3. The first kappa shape index (κ1) is 22.6. The van der Waals surface area contributed by atoms with Gasteiger partial charge in [-0.3, -0.25) is 9.69 Å². The van der Waals surface area contributed by atoms with E-state index in [4.69, 9.17) is 4.42 Å². The molecule has 1 amide bonds. The summed E-state index contributed by atoms with van der Waals surface area (Å²) in [5.74, 6) is -0.570. The quantitative estimate of drug-likeness (QED) is 0.543. The largest absolute Gasteiger partial charge is 0.423 e. The lowest BCUT2D eigenvalue weighted by molar-refractivity contribution is -0.137. The molecule has 0 aliphatic heterocycles. The van der Waals surface area contributed by atoms with Gasteiger partial charge in [0, 0.05) is 18.0 Å². The molecule has 1 heterocycles. The highest BCUT2D eigenvalue weighted by atomic mass is 19.4. The summed E-state index contributed by atoms with van der Waals surface area (Å²) in [6, 6.07) is 11.9. The number of para-hydroxylation sites is 1. The van der Waals surface area contributed by atoms with Crippen LogP contribution in [0.5, 0.6) is 0 Å². The zero-order valence-electron chi connectivity index (χ0n) is 17.3. The van der Waals surface area contributed by atoms with Crippen molar-refractivity contribution in [1.29, 1.82) is 0 Å². The van der Waals surface area contributed by atoms with E-state index in [9.17, 15) is 22.8 Å². The molecule has 0 atom stereocenters. The summed E-state index contributed by atoms with van der Waals surface area (Å²) in [7, 11) is 0. The summed E-state index contributed by atoms with van der Waals surface area (Å²) < 4.78 is 44.8. The van der Waals surface area contributed by atoms with Gasteiger partial charge in [-0.2, -0.15) is 13.2 Å². The number of nitrogens with one attached hydrogen (secondary N) is 1. The van der Waals surface area contributed by atoms with Gasteiger partial charge in [-0.1, -0.05) is 38.1 Å². The van der Waals surface area contributed by atoms with E-state index < -0.39 is 23.3 Å². The van der Waals surface area contributed by atoms with Crippen LogP contribution in [0, 0.1) is 0 Å². The summed E-state index contributed by atoms with van der Waals surface area (Å²) in [4.78, 5) is 26.2. The Balaban J connectivity index is 1.79. The molecule has 0 radical (unpaired) electrons.